The lowest BCUT2D eigenvalue weighted by Gasteiger charge is -2.17. The second-order valence-electron chi connectivity index (χ2n) is 7.53. The fourth-order valence-corrected chi connectivity index (χ4v) is 4.74. The van der Waals surface area contributed by atoms with E-state index in [1.807, 2.05) is 0 Å². The van der Waals surface area contributed by atoms with Crippen molar-refractivity contribution in [3.8, 4) is 0 Å². The smallest absolute Gasteiger partial charge is 0.329 e. The van der Waals surface area contributed by atoms with Crippen LogP contribution in [0, 0.1) is 0 Å². The second kappa shape index (κ2) is 7.04. The van der Waals surface area contributed by atoms with Crippen molar-refractivity contribution < 1.29 is 14.3 Å². The van der Waals surface area contributed by atoms with Gasteiger partial charge in [-0.2, -0.15) is 0 Å². The molecule has 0 radical (unpaired) electrons. The lowest BCUT2D eigenvalue weighted by Crippen LogP contribution is -2.24. The van der Waals surface area contributed by atoms with Crippen LogP contribution in [-0.2, 0) is 31.3 Å². The van der Waals surface area contributed by atoms with Crippen LogP contribution in [0.2, 0.25) is 5.02 Å². The van der Waals surface area contributed by atoms with E-state index < -0.39 is 5.60 Å². The van der Waals surface area contributed by atoms with E-state index in [9.17, 15) is 9.90 Å². The van der Waals surface area contributed by atoms with Gasteiger partial charge in [0.05, 0.1) is 0 Å². The number of aromatic nitrogens is 1. The maximum atomic E-state index is 12.5. The highest BCUT2D eigenvalue weighted by Gasteiger charge is 2.29. The topological polar surface area (TPSA) is 87.4 Å². The van der Waals surface area contributed by atoms with E-state index >= 15 is 0 Å². The van der Waals surface area contributed by atoms with Gasteiger partial charge in [-0.25, -0.2) is 9.78 Å². The van der Waals surface area contributed by atoms with Crippen molar-refractivity contribution >= 4 is 35.3 Å². The number of aliphatic hydroxyl groups is 1. The van der Waals surface area contributed by atoms with Crippen molar-refractivity contribution in [1.29, 1.82) is 0 Å². The Bertz CT molecular complexity index is 869. The molecule has 4 rings (SSSR count). The van der Waals surface area contributed by atoms with Crippen LogP contribution in [0.15, 0.2) is 15.9 Å². The quantitative estimate of drug-likeness (QED) is 0.655. The van der Waals surface area contributed by atoms with Crippen LogP contribution in [0.25, 0.3) is 0 Å². The molecule has 1 aromatic heterocycles. The maximum Gasteiger partial charge on any atom is 0.329 e. The Balaban J connectivity index is 1.49. The Morgan fingerprint density at radius 3 is 2.33 bits per heavy atom. The molecule has 0 atom stereocenters. The minimum Gasteiger partial charge on any atom is -0.438 e. The van der Waals surface area contributed by atoms with Gasteiger partial charge < -0.3 is 14.8 Å². The molecule has 3 N–H and O–H groups in total. The number of benzene rings is 1. The number of fused-ring (bicyclic) bond motifs is 2. The Morgan fingerprint density at radius 1 is 1.19 bits per heavy atom. The number of halogens is 1. The molecule has 2 aliphatic rings. The van der Waals surface area contributed by atoms with Crippen molar-refractivity contribution in [2.75, 3.05) is 5.32 Å². The number of carbonyl (C=O) groups is 1. The first kappa shape index (κ1) is 18.7. The van der Waals surface area contributed by atoms with Crippen molar-refractivity contribution in [2.45, 2.75) is 63.2 Å². The Labute approximate surface area is 167 Å². The van der Waals surface area contributed by atoms with E-state index in [0.717, 1.165) is 61.2 Å². The minimum absolute atomic E-state index is 0.272. The van der Waals surface area contributed by atoms with E-state index in [1.165, 1.54) is 28.5 Å². The van der Waals surface area contributed by atoms with Crippen molar-refractivity contribution in [1.82, 2.24) is 9.71 Å². The number of hydrogen-bond donors (Lipinski definition) is 3. The summed E-state index contributed by atoms with van der Waals surface area (Å²) < 4.78 is 7.99. The van der Waals surface area contributed by atoms with Crippen LogP contribution in [0.3, 0.4) is 0 Å². The molecule has 0 aliphatic heterocycles. The summed E-state index contributed by atoms with van der Waals surface area (Å²) in [5.74, 6) is 0. The molecule has 0 bridgehead atoms. The van der Waals surface area contributed by atoms with Crippen LogP contribution in [0.5, 0.6) is 0 Å². The van der Waals surface area contributed by atoms with Gasteiger partial charge in [-0.1, -0.05) is 11.6 Å². The summed E-state index contributed by atoms with van der Waals surface area (Å²) in [5, 5.41) is 14.1. The molecule has 2 amide bonds. The van der Waals surface area contributed by atoms with Crippen molar-refractivity contribution in [2.24, 2.45) is 0 Å². The van der Waals surface area contributed by atoms with E-state index in [0.29, 0.717) is 5.69 Å². The van der Waals surface area contributed by atoms with Crippen LogP contribution in [-0.4, -0.2) is 16.1 Å². The number of anilines is 1. The van der Waals surface area contributed by atoms with Crippen LogP contribution in [0.1, 0.15) is 54.6 Å². The van der Waals surface area contributed by atoms with E-state index in [4.69, 9.17) is 16.0 Å². The lowest BCUT2D eigenvalue weighted by atomic mass is 9.98. The third-order valence-corrected chi connectivity index (χ3v) is 6.25. The first-order valence-corrected chi connectivity index (χ1v) is 10.3. The number of nitrogens with zero attached hydrogens (tertiary/aromatic N) is 1. The van der Waals surface area contributed by atoms with Gasteiger partial charge in [0, 0.05) is 22.7 Å². The minimum atomic E-state index is -1.09. The molecule has 144 valence electrons. The number of oxazole rings is 1. The molecule has 0 spiro atoms. The zero-order valence-corrected chi connectivity index (χ0v) is 16.9. The highest BCUT2D eigenvalue weighted by Crippen LogP contribution is 2.44. The Morgan fingerprint density at radius 2 is 1.78 bits per heavy atom. The van der Waals surface area contributed by atoms with Crippen molar-refractivity contribution in [3.63, 3.8) is 0 Å². The average Bonchev–Trinajstić information content (AvgIpc) is 3.36. The monoisotopic (exact) mass is 407 g/mol. The van der Waals surface area contributed by atoms with Crippen LogP contribution < -0.4 is 10.0 Å². The fourth-order valence-electron chi connectivity index (χ4n) is 3.85. The SMILES string of the molecule is CC(C)(O)c1coc(SNC(=O)Nc2c3c(c(Cl)c4c2CCC4)CCC3)n1. The molecule has 0 unspecified atom stereocenters. The second-order valence-corrected chi connectivity index (χ2v) is 8.66. The largest absolute Gasteiger partial charge is 0.438 e. The number of hydrogen-bond acceptors (Lipinski definition) is 5. The zero-order valence-electron chi connectivity index (χ0n) is 15.3. The molecule has 2 aliphatic carbocycles. The first-order valence-electron chi connectivity index (χ1n) is 9.11. The van der Waals surface area contributed by atoms with Gasteiger partial charge in [0.25, 0.3) is 5.22 Å². The summed E-state index contributed by atoms with van der Waals surface area (Å²) in [5.41, 5.74) is 5.02. The predicted octanol–water partition coefficient (Wildman–Crippen LogP) is 4.36. The Kier molecular flexibility index (Phi) is 4.86. The summed E-state index contributed by atoms with van der Waals surface area (Å²) in [4.78, 5) is 16.7. The molecule has 0 saturated carbocycles. The summed E-state index contributed by atoms with van der Waals surface area (Å²) in [6, 6.07) is -0.325. The first-order chi connectivity index (χ1) is 12.8. The van der Waals surface area contributed by atoms with Crippen LogP contribution >= 0.6 is 23.5 Å². The molecule has 8 heteroatoms. The molecule has 1 heterocycles. The third kappa shape index (κ3) is 3.56. The number of rotatable bonds is 4. The molecular formula is C19H22ClN3O3S. The highest BCUT2D eigenvalue weighted by molar-refractivity contribution is 7.97. The van der Waals surface area contributed by atoms with Crippen LogP contribution in [0.4, 0.5) is 10.5 Å². The molecule has 27 heavy (non-hydrogen) atoms. The van der Waals surface area contributed by atoms with Gasteiger partial charge in [0.1, 0.15) is 17.6 Å². The molecule has 2 aromatic rings. The standard InChI is InChI=1S/C19H22ClN3O3S/c1-19(2,25)14-9-26-18(21-14)27-23-17(24)22-16-12-7-3-5-10(12)15(20)11-6-4-8-13(11)16/h9,25H,3-8H2,1-2H3,(H2,22,23,24). The van der Waals surface area contributed by atoms with Gasteiger partial charge >= 0.3 is 6.03 Å². The molecule has 0 saturated heterocycles. The van der Waals surface area contributed by atoms with Gasteiger partial charge in [-0.05, 0) is 74.6 Å². The number of nitrogens with one attached hydrogen (secondary N) is 2. The summed E-state index contributed by atoms with van der Waals surface area (Å²) in [6.07, 6.45) is 7.36. The summed E-state index contributed by atoms with van der Waals surface area (Å²) >= 11 is 7.59. The van der Waals surface area contributed by atoms with Gasteiger partial charge in [0.15, 0.2) is 0 Å². The Hall–Kier alpha value is -1.70. The molecule has 0 fully saturated rings. The average molecular weight is 408 g/mol. The summed E-state index contributed by atoms with van der Waals surface area (Å²) in [6.45, 7) is 3.25. The number of urea groups is 1. The van der Waals surface area contributed by atoms with Gasteiger partial charge in [0.2, 0.25) is 0 Å². The molecular weight excluding hydrogens is 386 g/mol. The predicted molar refractivity (Wildman–Crippen MR) is 105 cm³/mol. The number of amides is 2. The highest BCUT2D eigenvalue weighted by atomic mass is 35.5. The van der Waals surface area contributed by atoms with E-state index in [2.05, 4.69) is 15.0 Å². The van der Waals surface area contributed by atoms with Gasteiger partial charge in [-0.3, -0.25) is 4.72 Å². The zero-order chi connectivity index (χ0) is 19.2. The van der Waals surface area contributed by atoms with Crippen molar-refractivity contribution in [3.05, 3.63) is 39.2 Å². The molecule has 6 nitrogen and oxygen atoms in total. The van der Waals surface area contributed by atoms with E-state index in [-0.39, 0.29) is 11.3 Å². The molecule has 1 aromatic carbocycles. The number of carbonyl (C=O) groups excluding carboxylic acids is 1. The van der Waals surface area contributed by atoms with Gasteiger partial charge in [-0.15, -0.1) is 0 Å². The van der Waals surface area contributed by atoms with E-state index in [1.54, 1.807) is 13.8 Å². The lowest BCUT2D eigenvalue weighted by molar-refractivity contribution is 0.0736. The fraction of sp³-hybridized carbons (Fsp3) is 0.474. The third-order valence-electron chi connectivity index (χ3n) is 5.15. The maximum absolute atomic E-state index is 12.5. The normalized spacial score (nSPS) is 15.6. The summed E-state index contributed by atoms with van der Waals surface area (Å²) in [7, 11) is 0.